The number of phenolic OH excluding ortho intramolecular Hbond substituents is 1. The molecule has 0 aliphatic carbocycles. The number of hydrogen-bond acceptors (Lipinski definition) is 6. The second kappa shape index (κ2) is 5.65. The van der Waals surface area contributed by atoms with E-state index in [4.69, 9.17) is 0 Å². The van der Waals surface area contributed by atoms with E-state index >= 15 is 0 Å². The third-order valence-electron chi connectivity index (χ3n) is 2.01. The Balaban J connectivity index is 2.89. The third kappa shape index (κ3) is 3.86. The van der Waals surface area contributed by atoms with Gasteiger partial charge in [0.2, 0.25) is 10.0 Å². The van der Waals surface area contributed by atoms with Crippen molar-refractivity contribution in [2.75, 3.05) is 24.2 Å². The number of nitro groups is 1. The van der Waals surface area contributed by atoms with Crippen molar-refractivity contribution < 1.29 is 23.2 Å². The van der Waals surface area contributed by atoms with Crippen molar-refractivity contribution in [3.8, 4) is 5.75 Å². The van der Waals surface area contributed by atoms with Gasteiger partial charge in [-0.1, -0.05) is 0 Å². The number of anilines is 1. The first-order valence-corrected chi connectivity index (χ1v) is 6.48. The first-order valence-electron chi connectivity index (χ1n) is 4.82. The molecule has 0 aromatic heterocycles. The Morgan fingerprint density at radius 2 is 2.17 bits per heavy atom. The summed E-state index contributed by atoms with van der Waals surface area (Å²) in [5.74, 6) is -0.787. The van der Waals surface area contributed by atoms with E-state index in [1.807, 2.05) is 0 Å². The molecule has 0 saturated carbocycles. The molecule has 0 saturated heterocycles. The zero-order valence-corrected chi connectivity index (χ0v) is 10.3. The zero-order chi connectivity index (χ0) is 13.8. The van der Waals surface area contributed by atoms with Crippen LogP contribution in [-0.2, 0) is 14.8 Å². The van der Waals surface area contributed by atoms with Gasteiger partial charge in [-0.2, -0.15) is 0 Å². The molecule has 0 radical (unpaired) electrons. The molecule has 1 aromatic carbocycles. The number of non-ortho nitro benzene ring substituents is 1. The van der Waals surface area contributed by atoms with E-state index in [1.54, 1.807) is 0 Å². The van der Waals surface area contributed by atoms with Crippen LogP contribution in [0.2, 0.25) is 0 Å². The first-order chi connectivity index (χ1) is 8.35. The summed E-state index contributed by atoms with van der Waals surface area (Å²) in [6.45, 7) is 0.00305. The summed E-state index contributed by atoms with van der Waals surface area (Å²) in [5, 5.41) is 19.9. The summed E-state index contributed by atoms with van der Waals surface area (Å²) >= 11 is 0. The van der Waals surface area contributed by atoms with Crippen molar-refractivity contribution in [2.45, 2.75) is 0 Å². The van der Waals surface area contributed by atoms with Crippen LogP contribution in [0.5, 0.6) is 5.75 Å². The quantitative estimate of drug-likeness (QED) is 0.448. The smallest absolute Gasteiger partial charge is 0.273 e. The van der Waals surface area contributed by atoms with Gasteiger partial charge in [-0.3, -0.25) is 14.8 Å². The Labute approximate surface area is 103 Å². The van der Waals surface area contributed by atoms with Gasteiger partial charge in [0.1, 0.15) is 5.75 Å². The van der Waals surface area contributed by atoms with Crippen LogP contribution in [0.3, 0.4) is 0 Å². The fourth-order valence-corrected chi connectivity index (χ4v) is 2.13. The van der Waals surface area contributed by atoms with Crippen LogP contribution in [-0.4, -0.2) is 37.9 Å². The van der Waals surface area contributed by atoms with Crippen molar-refractivity contribution in [3.05, 3.63) is 28.3 Å². The van der Waals surface area contributed by atoms with Crippen molar-refractivity contribution in [2.24, 2.45) is 0 Å². The number of phenols is 1. The Morgan fingerprint density at radius 3 is 2.67 bits per heavy atom. The van der Waals surface area contributed by atoms with E-state index in [0.29, 0.717) is 0 Å². The number of nitrogens with zero attached hydrogens (tertiary/aromatic N) is 1. The zero-order valence-electron chi connectivity index (χ0n) is 9.49. The molecule has 0 aliphatic rings. The molecule has 2 N–H and O–H groups in total. The standard InChI is InChI=1S/C9H12N2O6S/c1-17-4-5-18(15,16)10-8-3-2-7(11(13)14)6-9(8)12/h2-3,6,10,12H,4-5H2,1H3. The first kappa shape index (κ1) is 14.2. The second-order valence-corrected chi connectivity index (χ2v) is 5.21. The molecule has 100 valence electrons. The molecule has 0 fully saturated rings. The lowest BCUT2D eigenvalue weighted by Crippen LogP contribution is -2.19. The van der Waals surface area contributed by atoms with E-state index < -0.39 is 20.7 Å². The van der Waals surface area contributed by atoms with Gasteiger partial charge >= 0.3 is 0 Å². The van der Waals surface area contributed by atoms with Crippen LogP contribution in [0.15, 0.2) is 18.2 Å². The van der Waals surface area contributed by atoms with Crippen molar-refractivity contribution >= 4 is 21.4 Å². The normalized spacial score (nSPS) is 11.2. The van der Waals surface area contributed by atoms with E-state index in [0.717, 1.165) is 18.2 Å². The third-order valence-corrected chi connectivity index (χ3v) is 3.25. The maximum atomic E-state index is 11.5. The molecule has 0 amide bonds. The predicted molar refractivity (Wildman–Crippen MR) is 64.0 cm³/mol. The van der Waals surface area contributed by atoms with Gasteiger partial charge in [-0.05, 0) is 6.07 Å². The number of benzene rings is 1. The van der Waals surface area contributed by atoms with Crippen LogP contribution in [0.4, 0.5) is 11.4 Å². The summed E-state index contributed by atoms with van der Waals surface area (Å²) in [6, 6.07) is 3.08. The summed E-state index contributed by atoms with van der Waals surface area (Å²) < 4.78 is 29.7. The van der Waals surface area contributed by atoms with Gasteiger partial charge < -0.3 is 9.84 Å². The van der Waals surface area contributed by atoms with Gasteiger partial charge in [0.15, 0.2) is 0 Å². The number of rotatable bonds is 6. The average molecular weight is 276 g/mol. The number of hydrogen-bond donors (Lipinski definition) is 2. The van der Waals surface area contributed by atoms with Crippen LogP contribution in [0.1, 0.15) is 0 Å². The van der Waals surface area contributed by atoms with Gasteiger partial charge in [0.05, 0.1) is 29.0 Å². The van der Waals surface area contributed by atoms with Gasteiger partial charge in [0.25, 0.3) is 5.69 Å². The topological polar surface area (TPSA) is 119 Å². The number of methoxy groups -OCH3 is 1. The number of nitro benzene ring substituents is 1. The molecule has 0 heterocycles. The van der Waals surface area contributed by atoms with E-state index in [2.05, 4.69) is 9.46 Å². The highest BCUT2D eigenvalue weighted by Crippen LogP contribution is 2.28. The van der Waals surface area contributed by atoms with Crippen molar-refractivity contribution in [1.82, 2.24) is 0 Å². The summed E-state index contributed by atoms with van der Waals surface area (Å²) in [6.07, 6.45) is 0. The summed E-state index contributed by atoms with van der Waals surface area (Å²) in [7, 11) is -2.30. The molecule has 0 atom stereocenters. The minimum Gasteiger partial charge on any atom is -0.505 e. The molecule has 9 heteroatoms. The molecule has 8 nitrogen and oxygen atoms in total. The van der Waals surface area contributed by atoms with Gasteiger partial charge in [-0.25, -0.2) is 8.42 Å². The molecule has 18 heavy (non-hydrogen) atoms. The highest BCUT2D eigenvalue weighted by atomic mass is 32.2. The van der Waals surface area contributed by atoms with Gasteiger partial charge in [-0.15, -0.1) is 0 Å². The maximum Gasteiger partial charge on any atom is 0.273 e. The molecular formula is C9H12N2O6S. The van der Waals surface area contributed by atoms with Crippen LogP contribution in [0.25, 0.3) is 0 Å². The molecule has 0 bridgehead atoms. The summed E-state index contributed by atoms with van der Waals surface area (Å²) in [5.41, 5.74) is -0.441. The Bertz CT molecular complexity index is 542. The molecule has 1 rings (SSSR count). The minimum atomic E-state index is -3.66. The average Bonchev–Trinajstić information content (AvgIpc) is 2.29. The fourth-order valence-electron chi connectivity index (χ4n) is 1.13. The number of sulfonamides is 1. The fraction of sp³-hybridized carbons (Fsp3) is 0.333. The molecule has 0 aliphatic heterocycles. The van der Waals surface area contributed by atoms with Crippen LogP contribution < -0.4 is 4.72 Å². The molecular weight excluding hydrogens is 264 g/mol. The number of ether oxygens (including phenoxy) is 1. The van der Waals surface area contributed by atoms with Crippen LogP contribution in [0, 0.1) is 10.1 Å². The summed E-state index contributed by atoms with van der Waals surface area (Å²) in [4.78, 5) is 9.74. The van der Waals surface area contributed by atoms with E-state index in [9.17, 15) is 23.6 Å². The lowest BCUT2D eigenvalue weighted by atomic mass is 10.3. The Kier molecular flexibility index (Phi) is 4.45. The number of nitrogens with one attached hydrogen (secondary N) is 1. The highest BCUT2D eigenvalue weighted by molar-refractivity contribution is 7.92. The van der Waals surface area contributed by atoms with E-state index in [1.165, 1.54) is 7.11 Å². The highest BCUT2D eigenvalue weighted by Gasteiger charge is 2.15. The van der Waals surface area contributed by atoms with Gasteiger partial charge in [0, 0.05) is 13.2 Å². The minimum absolute atomic E-state index is 0.00305. The molecule has 0 unspecified atom stereocenters. The lowest BCUT2D eigenvalue weighted by Gasteiger charge is -2.08. The molecule has 0 spiro atoms. The molecule has 1 aromatic rings. The maximum absolute atomic E-state index is 11.5. The van der Waals surface area contributed by atoms with E-state index in [-0.39, 0.29) is 23.7 Å². The van der Waals surface area contributed by atoms with Crippen molar-refractivity contribution in [3.63, 3.8) is 0 Å². The largest absolute Gasteiger partial charge is 0.505 e. The Morgan fingerprint density at radius 1 is 1.50 bits per heavy atom. The second-order valence-electron chi connectivity index (χ2n) is 3.37. The lowest BCUT2D eigenvalue weighted by molar-refractivity contribution is -0.384. The van der Waals surface area contributed by atoms with Crippen LogP contribution >= 0.6 is 0 Å². The van der Waals surface area contributed by atoms with Crippen molar-refractivity contribution in [1.29, 1.82) is 0 Å². The predicted octanol–water partition coefficient (Wildman–Crippen LogP) is 0.688. The Hall–Kier alpha value is -1.87. The SMILES string of the molecule is COCCS(=O)(=O)Nc1ccc([N+](=O)[O-])cc1O. The number of aromatic hydroxyl groups is 1. The monoisotopic (exact) mass is 276 g/mol.